The fourth-order valence-corrected chi connectivity index (χ4v) is 23.2. The molecule has 0 amide bonds. The number of allylic oxidation sites excluding steroid dienone is 3. The van der Waals surface area contributed by atoms with Crippen molar-refractivity contribution in [1.82, 2.24) is 0 Å². The van der Waals surface area contributed by atoms with E-state index in [0.717, 1.165) is 0 Å². The number of benzene rings is 1. The Labute approximate surface area is 156 Å². The Morgan fingerprint density at radius 2 is 2.32 bits per heavy atom. The summed E-state index contributed by atoms with van der Waals surface area (Å²) in [5.74, 6) is 0. The molecule has 1 aromatic carbocycles. The maximum atomic E-state index is 5.86. The number of nitrogens with two attached hydrogens (primary N) is 1. The van der Waals surface area contributed by atoms with Gasteiger partial charge in [-0.15, -0.1) is 0 Å². The first-order chi connectivity index (χ1) is 10.7. The number of fused-ring (bicyclic) bond motifs is 1. The average Bonchev–Trinajstić information content (AvgIpc) is 3.12. The summed E-state index contributed by atoms with van der Waals surface area (Å²) in [5.41, 5.74) is 9.59. The number of hydrogen-bond donors (Lipinski definition) is 1. The molecular formula is C16H15I3NO2-. The zero-order chi connectivity index (χ0) is 15.0. The first kappa shape index (κ1) is 16.0. The van der Waals surface area contributed by atoms with Crippen LogP contribution in [0.4, 0.5) is 0 Å². The van der Waals surface area contributed by atoms with Crippen molar-refractivity contribution in [3.05, 3.63) is 57.2 Å². The van der Waals surface area contributed by atoms with Crippen LogP contribution in [0.1, 0.15) is 11.1 Å². The normalized spacial score (nSPS) is 26.5. The summed E-state index contributed by atoms with van der Waals surface area (Å²) in [7, 11) is 0. The molecule has 22 heavy (non-hydrogen) atoms. The molecular weight excluding hydrogens is 619 g/mol. The van der Waals surface area contributed by atoms with Crippen molar-refractivity contribution >= 4 is 42.5 Å². The fraction of sp³-hybridized carbons (Fsp3) is 0.250. The Morgan fingerprint density at radius 3 is 3.18 bits per heavy atom. The second-order valence-corrected chi connectivity index (χ2v) is 18.2. The minimum absolute atomic E-state index is 0.199. The van der Waals surface area contributed by atoms with E-state index in [1.165, 1.54) is 11.1 Å². The Balaban J connectivity index is 1.49. The quantitative estimate of drug-likeness (QED) is 0.366. The molecule has 1 aromatic rings. The number of epoxide rings is 1. The number of hydrogen-bond acceptors (Lipinski definition) is 3. The molecule has 6 heteroatoms. The van der Waals surface area contributed by atoms with E-state index in [-0.39, 0.29) is 37.5 Å². The van der Waals surface area contributed by atoms with Gasteiger partial charge in [-0.1, -0.05) is 0 Å². The predicted octanol–water partition coefficient (Wildman–Crippen LogP) is -0.0485. The molecule has 2 N–H and O–H groups in total. The second kappa shape index (κ2) is 6.79. The molecule has 3 heterocycles. The number of halogens is 3. The van der Waals surface area contributed by atoms with Crippen LogP contribution in [-0.2, 0) is 16.1 Å². The van der Waals surface area contributed by atoms with Gasteiger partial charge in [-0.25, -0.2) is 0 Å². The van der Waals surface area contributed by atoms with Crippen molar-refractivity contribution in [2.75, 3.05) is 13.2 Å². The van der Waals surface area contributed by atoms with Gasteiger partial charge in [0, 0.05) is 0 Å². The van der Waals surface area contributed by atoms with Crippen LogP contribution in [-0.4, -0.2) is 24.0 Å². The van der Waals surface area contributed by atoms with Crippen LogP contribution in [0.25, 0.3) is 0 Å². The van der Waals surface area contributed by atoms with Crippen molar-refractivity contribution < 1.29 is 26.7 Å². The van der Waals surface area contributed by atoms with Gasteiger partial charge < -0.3 is 0 Å². The van der Waals surface area contributed by atoms with E-state index < -0.39 is 5.72 Å². The van der Waals surface area contributed by atoms with Crippen LogP contribution < -0.4 is 23.0 Å². The molecule has 3 aliphatic heterocycles. The fourth-order valence-electron chi connectivity index (χ4n) is 2.17. The van der Waals surface area contributed by atoms with Gasteiger partial charge in [-0.05, 0) is 0 Å². The third-order valence-electron chi connectivity index (χ3n) is 3.42. The van der Waals surface area contributed by atoms with E-state index in [9.17, 15) is 0 Å². The zero-order valence-electron chi connectivity index (χ0n) is 11.7. The minimum atomic E-state index is -0.513. The summed E-state index contributed by atoms with van der Waals surface area (Å²) in [6.07, 6.45) is 4.60. The molecule has 1 saturated heterocycles. The summed E-state index contributed by atoms with van der Waals surface area (Å²) in [6.45, 7) is 1.70. The molecule has 0 bridgehead atoms. The molecule has 0 spiro atoms. The van der Waals surface area contributed by atoms with Crippen molar-refractivity contribution in [1.29, 1.82) is 0 Å². The van der Waals surface area contributed by atoms with Crippen molar-refractivity contribution in [3.63, 3.8) is 0 Å². The molecule has 0 radical (unpaired) electrons. The molecule has 3 aliphatic rings. The third-order valence-corrected chi connectivity index (χ3v) is 23.1. The second-order valence-electron chi connectivity index (χ2n) is 5.27. The Bertz CT molecular complexity index is 733. The molecule has 3 nitrogen and oxygen atoms in total. The van der Waals surface area contributed by atoms with E-state index in [4.69, 9.17) is 15.2 Å². The standard InChI is InChI=1S/C16H15I3NO2/c20-16(10-22-16)9-21-8-11-3-1-4-12(7-11)14-13-5-2-6-17-15(13)19-18-14/h1-7H,8-10,20H2/q-1. The number of rotatable bonds is 5. The van der Waals surface area contributed by atoms with E-state index in [1.54, 1.807) is 9.08 Å². The zero-order valence-corrected chi connectivity index (χ0v) is 18.2. The van der Waals surface area contributed by atoms with Gasteiger partial charge in [0.05, 0.1) is 0 Å². The number of ether oxygens (including phenoxy) is 2. The van der Waals surface area contributed by atoms with Crippen LogP contribution in [0, 0.1) is 0 Å². The average molecular weight is 634 g/mol. The molecule has 118 valence electrons. The molecule has 0 saturated carbocycles. The van der Waals surface area contributed by atoms with Crippen LogP contribution in [0.3, 0.4) is 0 Å². The van der Waals surface area contributed by atoms with Crippen LogP contribution in [0.15, 0.2) is 46.1 Å². The van der Waals surface area contributed by atoms with E-state index in [0.29, 0.717) is 37.1 Å². The summed E-state index contributed by atoms with van der Waals surface area (Å²) < 4.78 is 16.8. The van der Waals surface area contributed by atoms with Crippen LogP contribution in [0.5, 0.6) is 0 Å². The van der Waals surface area contributed by atoms with Gasteiger partial charge in [0.1, 0.15) is 0 Å². The van der Waals surface area contributed by atoms with Gasteiger partial charge in [0.25, 0.3) is 0 Å². The first-order valence-corrected chi connectivity index (χ1v) is 17.6. The maximum absolute atomic E-state index is 5.86. The molecule has 1 unspecified atom stereocenters. The van der Waals surface area contributed by atoms with Gasteiger partial charge in [-0.3, -0.25) is 0 Å². The topological polar surface area (TPSA) is 47.8 Å². The van der Waals surface area contributed by atoms with Gasteiger partial charge >= 0.3 is 158 Å². The molecule has 4 rings (SSSR count). The monoisotopic (exact) mass is 634 g/mol. The summed E-state index contributed by atoms with van der Waals surface area (Å²) in [4.78, 5) is 0. The van der Waals surface area contributed by atoms with Crippen LogP contribution in [0.2, 0.25) is 0 Å². The molecule has 1 atom stereocenters. The van der Waals surface area contributed by atoms with Crippen molar-refractivity contribution in [2.24, 2.45) is 5.73 Å². The predicted molar refractivity (Wildman–Crippen MR) is 103 cm³/mol. The molecule has 1 fully saturated rings. The Morgan fingerprint density at radius 1 is 1.41 bits per heavy atom. The molecule has 0 aromatic heterocycles. The van der Waals surface area contributed by atoms with E-state index in [1.807, 2.05) is 1.52 Å². The van der Waals surface area contributed by atoms with E-state index >= 15 is 0 Å². The van der Waals surface area contributed by atoms with Gasteiger partial charge in [-0.2, -0.15) is 0 Å². The van der Waals surface area contributed by atoms with Crippen molar-refractivity contribution in [3.8, 4) is 0 Å². The van der Waals surface area contributed by atoms with Gasteiger partial charge in [0.2, 0.25) is 0 Å². The SMILES string of the molecule is NC1(COCc2cccc(C3=I[I-]C4=IC=CC=C43)c2)CO1. The van der Waals surface area contributed by atoms with Gasteiger partial charge in [0.15, 0.2) is 0 Å². The summed E-state index contributed by atoms with van der Waals surface area (Å²) in [5, 5.41) is 0. The summed E-state index contributed by atoms with van der Waals surface area (Å²) >= 11 is 0.777. The third kappa shape index (κ3) is 3.61. The van der Waals surface area contributed by atoms with Crippen LogP contribution >= 0.6 is 37.5 Å². The Hall–Kier alpha value is 0.510. The molecule has 0 aliphatic carbocycles. The summed E-state index contributed by atoms with van der Waals surface area (Å²) in [6, 6.07) is 8.85. The Kier molecular flexibility index (Phi) is 4.94. The first-order valence-electron chi connectivity index (χ1n) is 6.87. The van der Waals surface area contributed by atoms with Crippen molar-refractivity contribution in [2.45, 2.75) is 12.3 Å². The van der Waals surface area contributed by atoms with E-state index in [2.05, 4.69) is 40.5 Å².